The lowest BCUT2D eigenvalue weighted by atomic mass is 10.2. The number of imidazole rings is 1. The average molecular weight is 327 g/mol. The number of hydrogen-bond donors (Lipinski definition) is 0. The maximum absolute atomic E-state index is 6.36. The highest BCUT2D eigenvalue weighted by Gasteiger charge is 2.20. The molecule has 1 aromatic heterocycles. The summed E-state index contributed by atoms with van der Waals surface area (Å²) in [4.78, 5) is 4.76. The zero-order chi connectivity index (χ0) is 15.4. The molecule has 21 heavy (non-hydrogen) atoms. The summed E-state index contributed by atoms with van der Waals surface area (Å²) in [6, 6.07) is 6.47. The van der Waals surface area contributed by atoms with E-state index in [-0.39, 0.29) is 5.38 Å². The molecule has 2 aromatic rings. The van der Waals surface area contributed by atoms with Crippen molar-refractivity contribution in [1.29, 1.82) is 0 Å². The first-order chi connectivity index (χ1) is 10.1. The first-order valence-corrected chi connectivity index (χ1v) is 9.19. The molecular weight excluding hydrogens is 304 g/mol. The summed E-state index contributed by atoms with van der Waals surface area (Å²) in [5, 5.41) is -0.122. The van der Waals surface area contributed by atoms with Crippen molar-refractivity contribution in [1.82, 2.24) is 9.55 Å². The van der Waals surface area contributed by atoms with Gasteiger partial charge in [-0.1, -0.05) is 6.07 Å². The van der Waals surface area contributed by atoms with E-state index in [1.807, 2.05) is 37.7 Å². The van der Waals surface area contributed by atoms with E-state index in [1.54, 1.807) is 0 Å². The van der Waals surface area contributed by atoms with Crippen LogP contribution in [0.3, 0.4) is 0 Å². The van der Waals surface area contributed by atoms with E-state index in [0.717, 1.165) is 34.8 Å². The highest BCUT2D eigenvalue weighted by atomic mass is 35.5. The monoisotopic (exact) mass is 326 g/mol. The van der Waals surface area contributed by atoms with Crippen molar-refractivity contribution in [2.24, 2.45) is 0 Å². The molecule has 0 radical (unpaired) electrons. The number of aromatic nitrogens is 2. The minimum absolute atomic E-state index is 0.122. The second kappa shape index (κ2) is 7.41. The third kappa shape index (κ3) is 3.49. The number of rotatable bonds is 7. The van der Waals surface area contributed by atoms with E-state index in [9.17, 15) is 0 Å². The standard InChI is InChI=1S/C16H23ClN2OS/c1-5-20-14-8-6-7-13-15(14)18-16(12(3)17)19(13)11(2)9-10-21-4/h6-8,11-12H,5,9-10H2,1-4H3. The van der Waals surface area contributed by atoms with E-state index < -0.39 is 0 Å². The van der Waals surface area contributed by atoms with Crippen LogP contribution in [0.4, 0.5) is 0 Å². The van der Waals surface area contributed by atoms with Gasteiger partial charge in [-0.3, -0.25) is 0 Å². The molecule has 3 nitrogen and oxygen atoms in total. The molecule has 5 heteroatoms. The Morgan fingerprint density at radius 1 is 1.38 bits per heavy atom. The lowest BCUT2D eigenvalue weighted by Crippen LogP contribution is -2.10. The van der Waals surface area contributed by atoms with Crippen LogP contribution >= 0.6 is 23.4 Å². The molecule has 2 atom stereocenters. The molecule has 2 unspecified atom stereocenters. The fourth-order valence-corrected chi connectivity index (χ4v) is 3.27. The number of fused-ring (bicyclic) bond motifs is 1. The Balaban J connectivity index is 2.55. The number of hydrogen-bond acceptors (Lipinski definition) is 3. The van der Waals surface area contributed by atoms with Crippen molar-refractivity contribution in [3.8, 4) is 5.75 Å². The number of para-hydroxylation sites is 1. The number of thioether (sulfide) groups is 1. The third-order valence-corrected chi connectivity index (χ3v) is 4.39. The molecule has 0 fully saturated rings. The van der Waals surface area contributed by atoms with Crippen LogP contribution in [0.25, 0.3) is 11.0 Å². The molecule has 0 saturated heterocycles. The van der Waals surface area contributed by atoms with Crippen molar-refractivity contribution in [3.63, 3.8) is 0 Å². The Bertz CT molecular complexity index is 597. The van der Waals surface area contributed by atoms with Gasteiger partial charge in [-0.25, -0.2) is 4.98 Å². The van der Waals surface area contributed by atoms with Crippen LogP contribution in [0.5, 0.6) is 5.75 Å². The van der Waals surface area contributed by atoms with Gasteiger partial charge in [0, 0.05) is 6.04 Å². The predicted molar refractivity (Wildman–Crippen MR) is 92.9 cm³/mol. The molecule has 116 valence electrons. The number of benzene rings is 1. The van der Waals surface area contributed by atoms with Crippen LogP contribution in [0.15, 0.2) is 18.2 Å². The van der Waals surface area contributed by atoms with Gasteiger partial charge in [0.05, 0.1) is 17.5 Å². The summed E-state index contributed by atoms with van der Waals surface area (Å²) < 4.78 is 7.97. The van der Waals surface area contributed by atoms with E-state index in [0.29, 0.717) is 12.6 Å². The summed E-state index contributed by atoms with van der Waals surface area (Å²) in [7, 11) is 0. The predicted octanol–water partition coefficient (Wildman–Crippen LogP) is 5.05. The summed E-state index contributed by atoms with van der Waals surface area (Å²) >= 11 is 8.22. The normalized spacial score (nSPS) is 14.3. The quantitative estimate of drug-likeness (QED) is 0.666. The first-order valence-electron chi connectivity index (χ1n) is 7.36. The highest BCUT2D eigenvalue weighted by molar-refractivity contribution is 7.98. The largest absolute Gasteiger partial charge is 0.492 e. The topological polar surface area (TPSA) is 27.1 Å². The zero-order valence-electron chi connectivity index (χ0n) is 13.1. The molecule has 1 heterocycles. The lowest BCUT2D eigenvalue weighted by molar-refractivity contribution is 0.343. The third-order valence-electron chi connectivity index (χ3n) is 3.55. The molecule has 2 rings (SSSR count). The van der Waals surface area contributed by atoms with Gasteiger partial charge in [0.2, 0.25) is 0 Å². The second-order valence-electron chi connectivity index (χ2n) is 5.14. The van der Waals surface area contributed by atoms with Gasteiger partial charge in [0.25, 0.3) is 0 Å². The number of alkyl halides is 1. The molecule has 0 N–H and O–H groups in total. The lowest BCUT2D eigenvalue weighted by Gasteiger charge is -2.18. The van der Waals surface area contributed by atoms with E-state index in [4.69, 9.17) is 21.3 Å². The molecule has 0 saturated carbocycles. The highest BCUT2D eigenvalue weighted by Crippen LogP contribution is 2.33. The maximum atomic E-state index is 6.36. The van der Waals surface area contributed by atoms with Crippen LogP contribution in [0, 0.1) is 0 Å². The van der Waals surface area contributed by atoms with E-state index >= 15 is 0 Å². The van der Waals surface area contributed by atoms with Gasteiger partial charge in [-0.2, -0.15) is 11.8 Å². The Labute approximate surface area is 136 Å². The molecular formula is C16H23ClN2OS. The summed E-state index contributed by atoms with van der Waals surface area (Å²) in [5.74, 6) is 2.89. The van der Waals surface area contributed by atoms with Gasteiger partial charge < -0.3 is 9.30 Å². The SMILES string of the molecule is CCOc1cccc2c1nc(C(C)Cl)n2C(C)CCSC. The average Bonchev–Trinajstić information content (AvgIpc) is 2.86. The van der Waals surface area contributed by atoms with Crippen molar-refractivity contribution in [3.05, 3.63) is 24.0 Å². The van der Waals surface area contributed by atoms with Crippen molar-refractivity contribution in [2.75, 3.05) is 18.6 Å². The fraction of sp³-hybridized carbons (Fsp3) is 0.562. The van der Waals surface area contributed by atoms with E-state index in [1.165, 1.54) is 0 Å². The zero-order valence-corrected chi connectivity index (χ0v) is 14.7. The Kier molecular flexibility index (Phi) is 5.82. The fourth-order valence-electron chi connectivity index (χ4n) is 2.54. The van der Waals surface area contributed by atoms with Crippen molar-refractivity contribution < 1.29 is 4.74 Å². The van der Waals surface area contributed by atoms with Gasteiger partial charge >= 0.3 is 0 Å². The number of ether oxygens (including phenoxy) is 1. The van der Waals surface area contributed by atoms with Crippen LogP contribution in [-0.4, -0.2) is 28.2 Å². The molecule has 1 aromatic carbocycles. The summed E-state index contributed by atoms with van der Waals surface area (Å²) in [6.07, 6.45) is 3.24. The van der Waals surface area contributed by atoms with Gasteiger partial charge in [-0.05, 0) is 51.3 Å². The van der Waals surface area contributed by atoms with Gasteiger partial charge in [0.15, 0.2) is 0 Å². The van der Waals surface area contributed by atoms with E-state index in [2.05, 4.69) is 23.8 Å². The molecule has 0 spiro atoms. The smallest absolute Gasteiger partial charge is 0.147 e. The number of nitrogens with zero attached hydrogens (tertiary/aromatic N) is 2. The Morgan fingerprint density at radius 2 is 2.14 bits per heavy atom. The maximum Gasteiger partial charge on any atom is 0.147 e. The minimum atomic E-state index is -0.122. The number of halogens is 1. The minimum Gasteiger partial charge on any atom is -0.492 e. The van der Waals surface area contributed by atoms with Crippen molar-refractivity contribution in [2.45, 2.75) is 38.6 Å². The van der Waals surface area contributed by atoms with Crippen LogP contribution in [0.2, 0.25) is 0 Å². The van der Waals surface area contributed by atoms with Crippen LogP contribution in [0.1, 0.15) is 44.4 Å². The molecule has 0 aliphatic rings. The Morgan fingerprint density at radius 3 is 2.76 bits per heavy atom. The summed E-state index contributed by atoms with van der Waals surface area (Å²) in [6.45, 7) is 6.83. The molecule has 0 bridgehead atoms. The van der Waals surface area contributed by atoms with Crippen LogP contribution in [-0.2, 0) is 0 Å². The van der Waals surface area contributed by atoms with Crippen LogP contribution < -0.4 is 4.74 Å². The van der Waals surface area contributed by atoms with Gasteiger partial charge in [0.1, 0.15) is 17.1 Å². The first kappa shape index (κ1) is 16.5. The Hall–Kier alpha value is -0.870. The molecule has 0 aliphatic carbocycles. The van der Waals surface area contributed by atoms with Crippen molar-refractivity contribution >= 4 is 34.4 Å². The second-order valence-corrected chi connectivity index (χ2v) is 6.78. The molecule has 0 aliphatic heterocycles. The molecule has 0 amide bonds. The summed E-state index contributed by atoms with van der Waals surface area (Å²) in [5.41, 5.74) is 2.02. The van der Waals surface area contributed by atoms with Gasteiger partial charge in [-0.15, -0.1) is 11.6 Å².